The van der Waals surface area contributed by atoms with Crippen LogP contribution in [0, 0.1) is 12.8 Å². The van der Waals surface area contributed by atoms with Gasteiger partial charge < -0.3 is 9.30 Å². The van der Waals surface area contributed by atoms with Gasteiger partial charge in [0, 0.05) is 43.7 Å². The highest BCUT2D eigenvalue weighted by atomic mass is 32.2. The van der Waals surface area contributed by atoms with Crippen LogP contribution in [0.4, 0.5) is 0 Å². The summed E-state index contributed by atoms with van der Waals surface area (Å²) in [5, 5.41) is 5.32. The highest BCUT2D eigenvalue weighted by Crippen LogP contribution is 2.41. The molecule has 1 fully saturated rings. The maximum Gasteiger partial charge on any atom is 0.192 e. The second-order valence-electron chi connectivity index (χ2n) is 9.86. The molecule has 190 valence electrons. The predicted octanol–water partition coefficient (Wildman–Crippen LogP) is 4.71. The Kier molecular flexibility index (Phi) is 5.84. The quantitative estimate of drug-likeness (QED) is 0.337. The van der Waals surface area contributed by atoms with E-state index in [2.05, 4.69) is 27.9 Å². The van der Waals surface area contributed by atoms with Gasteiger partial charge in [-0.3, -0.25) is 9.67 Å². The van der Waals surface area contributed by atoms with E-state index in [1.54, 1.807) is 6.07 Å². The van der Waals surface area contributed by atoms with E-state index < -0.39 is 9.84 Å². The Morgan fingerprint density at radius 2 is 1.81 bits per heavy atom. The first-order chi connectivity index (χ1) is 17.8. The molecule has 37 heavy (non-hydrogen) atoms. The molecule has 1 atom stereocenters. The summed E-state index contributed by atoms with van der Waals surface area (Å²) in [6, 6.07) is 15.9. The zero-order chi connectivity index (χ0) is 25.7. The van der Waals surface area contributed by atoms with Gasteiger partial charge in [0.2, 0.25) is 0 Å². The van der Waals surface area contributed by atoms with Gasteiger partial charge in [0.1, 0.15) is 5.65 Å². The van der Waals surface area contributed by atoms with Crippen molar-refractivity contribution in [2.75, 3.05) is 19.5 Å². The third-order valence-electron chi connectivity index (χ3n) is 7.37. The minimum atomic E-state index is -3.49. The summed E-state index contributed by atoms with van der Waals surface area (Å²) in [6.45, 7) is 3.44. The standard InChI is InChI=1S/C28H29N5O3S/c1-18-16-30-32(2)26(18)21-15-23-25(29-17-21)22-9-10-24(37(3,34)35)31-28(22)33(23)27(19-7-5-4-6-8-19)20-11-13-36-14-12-20/h4-10,15-17,20,27H,11-14H2,1-3H3. The van der Waals surface area contributed by atoms with E-state index in [0.29, 0.717) is 24.8 Å². The van der Waals surface area contributed by atoms with Crippen LogP contribution in [-0.2, 0) is 21.6 Å². The van der Waals surface area contributed by atoms with Gasteiger partial charge in [-0.2, -0.15) is 5.10 Å². The van der Waals surface area contributed by atoms with E-state index >= 15 is 0 Å². The van der Waals surface area contributed by atoms with Crippen molar-refractivity contribution in [2.24, 2.45) is 13.0 Å². The molecule has 5 aromatic rings. The minimum absolute atomic E-state index is 0.0582. The van der Waals surface area contributed by atoms with E-state index in [0.717, 1.165) is 51.6 Å². The molecule has 9 heteroatoms. The Morgan fingerprint density at radius 3 is 2.49 bits per heavy atom. The zero-order valence-electron chi connectivity index (χ0n) is 21.1. The Bertz CT molecular complexity index is 1700. The highest BCUT2D eigenvalue weighted by molar-refractivity contribution is 7.90. The molecule has 0 radical (unpaired) electrons. The number of fused-ring (bicyclic) bond motifs is 3. The summed E-state index contributed by atoms with van der Waals surface area (Å²) < 4.78 is 34.8. The number of hydrogen-bond acceptors (Lipinski definition) is 6. The Morgan fingerprint density at radius 1 is 1.05 bits per heavy atom. The van der Waals surface area contributed by atoms with E-state index in [4.69, 9.17) is 14.7 Å². The van der Waals surface area contributed by atoms with Crippen molar-refractivity contribution in [3.63, 3.8) is 0 Å². The number of sulfone groups is 1. The van der Waals surface area contributed by atoms with Gasteiger partial charge in [0.25, 0.3) is 0 Å². The van der Waals surface area contributed by atoms with Crippen LogP contribution in [0.2, 0.25) is 0 Å². The first-order valence-electron chi connectivity index (χ1n) is 12.5. The first kappa shape index (κ1) is 23.8. The molecule has 0 aliphatic carbocycles. The van der Waals surface area contributed by atoms with Crippen LogP contribution in [0.3, 0.4) is 0 Å². The lowest BCUT2D eigenvalue weighted by Crippen LogP contribution is -2.27. The van der Waals surface area contributed by atoms with E-state index in [1.165, 1.54) is 6.26 Å². The SMILES string of the molecule is Cc1cnn(C)c1-c1cnc2c3ccc(S(C)(=O)=O)nc3n(C(c3ccccc3)C3CCOCC3)c2c1. The Hall–Kier alpha value is -3.56. The van der Waals surface area contributed by atoms with Gasteiger partial charge in [-0.15, -0.1) is 0 Å². The largest absolute Gasteiger partial charge is 0.381 e. The fourth-order valence-electron chi connectivity index (χ4n) is 5.65. The van der Waals surface area contributed by atoms with Crippen molar-refractivity contribution >= 4 is 31.9 Å². The molecule has 1 aliphatic rings. The summed E-state index contributed by atoms with van der Waals surface area (Å²) >= 11 is 0. The van der Waals surface area contributed by atoms with Crippen LogP contribution in [-0.4, -0.2) is 52.2 Å². The third kappa shape index (κ3) is 4.12. The fraction of sp³-hybridized carbons (Fsp3) is 0.321. The van der Waals surface area contributed by atoms with Gasteiger partial charge in [-0.1, -0.05) is 30.3 Å². The minimum Gasteiger partial charge on any atom is -0.381 e. The summed E-state index contributed by atoms with van der Waals surface area (Å²) in [4.78, 5) is 9.64. The molecule has 8 nitrogen and oxygen atoms in total. The van der Waals surface area contributed by atoms with Crippen LogP contribution >= 0.6 is 0 Å². The van der Waals surface area contributed by atoms with Gasteiger partial charge in [-0.05, 0) is 55.0 Å². The molecule has 0 bridgehead atoms. The molecular weight excluding hydrogens is 486 g/mol. The summed E-state index contributed by atoms with van der Waals surface area (Å²) in [7, 11) is -1.57. The average Bonchev–Trinajstić information content (AvgIpc) is 3.40. The molecule has 6 rings (SSSR count). The molecule has 0 N–H and O–H groups in total. The number of pyridine rings is 2. The van der Waals surface area contributed by atoms with Gasteiger partial charge in [-0.25, -0.2) is 13.4 Å². The molecule has 5 heterocycles. The van der Waals surface area contributed by atoms with Crippen LogP contribution in [0.5, 0.6) is 0 Å². The normalized spacial score (nSPS) is 16.0. The van der Waals surface area contributed by atoms with Gasteiger partial charge in [0.05, 0.1) is 29.0 Å². The number of hydrogen-bond donors (Lipinski definition) is 0. The lowest BCUT2D eigenvalue weighted by atomic mass is 9.86. The maximum absolute atomic E-state index is 12.5. The number of nitrogens with zero attached hydrogens (tertiary/aromatic N) is 5. The predicted molar refractivity (Wildman–Crippen MR) is 143 cm³/mol. The lowest BCUT2D eigenvalue weighted by Gasteiger charge is -2.32. The second-order valence-corrected chi connectivity index (χ2v) is 11.8. The van der Waals surface area contributed by atoms with Crippen molar-refractivity contribution in [3.8, 4) is 11.3 Å². The monoisotopic (exact) mass is 515 g/mol. The van der Waals surface area contributed by atoms with Crippen molar-refractivity contribution in [1.82, 2.24) is 24.3 Å². The van der Waals surface area contributed by atoms with E-state index in [1.807, 2.05) is 55.3 Å². The van der Waals surface area contributed by atoms with Crippen LogP contribution in [0.1, 0.15) is 30.0 Å². The number of aromatic nitrogens is 5. The molecule has 4 aromatic heterocycles. The number of ether oxygens (including phenoxy) is 1. The van der Waals surface area contributed by atoms with Crippen LogP contribution in [0.25, 0.3) is 33.3 Å². The molecular formula is C28H29N5O3S. The molecule has 1 aliphatic heterocycles. The zero-order valence-corrected chi connectivity index (χ0v) is 21.9. The molecule has 0 saturated carbocycles. The molecule has 0 spiro atoms. The number of benzene rings is 1. The molecule has 0 amide bonds. The summed E-state index contributed by atoms with van der Waals surface area (Å²) in [5.41, 5.74) is 6.53. The average molecular weight is 516 g/mol. The molecule has 1 unspecified atom stereocenters. The topological polar surface area (TPSA) is 91.9 Å². The van der Waals surface area contributed by atoms with Crippen LogP contribution < -0.4 is 0 Å². The fourth-order valence-corrected chi connectivity index (χ4v) is 6.22. The first-order valence-corrected chi connectivity index (χ1v) is 14.3. The second kappa shape index (κ2) is 9.08. The van der Waals surface area contributed by atoms with Gasteiger partial charge >= 0.3 is 0 Å². The van der Waals surface area contributed by atoms with Crippen LogP contribution in [0.15, 0.2) is 66.0 Å². The van der Waals surface area contributed by atoms with Crippen molar-refractivity contribution in [1.29, 1.82) is 0 Å². The number of aryl methyl sites for hydroxylation is 2. The highest BCUT2D eigenvalue weighted by Gasteiger charge is 2.31. The molecule has 1 saturated heterocycles. The summed E-state index contributed by atoms with van der Waals surface area (Å²) in [6.07, 6.45) is 6.72. The smallest absolute Gasteiger partial charge is 0.192 e. The Balaban J connectivity index is 1.71. The van der Waals surface area contributed by atoms with Gasteiger partial charge in [0.15, 0.2) is 14.9 Å². The van der Waals surface area contributed by atoms with Crippen molar-refractivity contribution < 1.29 is 13.2 Å². The maximum atomic E-state index is 12.5. The van der Waals surface area contributed by atoms with Crippen molar-refractivity contribution in [2.45, 2.75) is 30.8 Å². The Labute approximate surface area is 215 Å². The third-order valence-corrected chi connectivity index (χ3v) is 8.35. The van der Waals surface area contributed by atoms with E-state index in [9.17, 15) is 8.42 Å². The molecule has 1 aromatic carbocycles. The van der Waals surface area contributed by atoms with Crippen molar-refractivity contribution in [3.05, 3.63) is 72.1 Å². The lowest BCUT2D eigenvalue weighted by molar-refractivity contribution is 0.0552. The summed E-state index contributed by atoms with van der Waals surface area (Å²) in [5.74, 6) is 0.292. The number of rotatable bonds is 5. The van der Waals surface area contributed by atoms with E-state index in [-0.39, 0.29) is 11.1 Å².